The van der Waals surface area contributed by atoms with E-state index in [4.69, 9.17) is 0 Å². The highest BCUT2D eigenvalue weighted by molar-refractivity contribution is 6.05. The van der Waals surface area contributed by atoms with Gasteiger partial charge in [-0.05, 0) is 60.7 Å². The summed E-state index contributed by atoms with van der Waals surface area (Å²) in [6, 6.07) is 19.1. The smallest absolute Gasteiger partial charge is 0.258 e. The molecule has 3 amide bonds. The largest absolute Gasteiger partial charge is 0.323 e. The Labute approximate surface area is 226 Å². The molecule has 39 heavy (non-hydrogen) atoms. The van der Waals surface area contributed by atoms with E-state index in [1.165, 1.54) is 11.0 Å². The Hall–Kier alpha value is -4.11. The molecular weight excluding hydrogens is 497 g/mol. The second-order valence-electron chi connectivity index (χ2n) is 10.4. The van der Waals surface area contributed by atoms with Gasteiger partial charge < -0.3 is 9.80 Å². The van der Waals surface area contributed by atoms with Crippen LogP contribution in [0.5, 0.6) is 0 Å². The first-order chi connectivity index (χ1) is 19.0. The maximum absolute atomic E-state index is 15.2. The minimum absolute atomic E-state index is 0.0380. The molecule has 4 heterocycles. The summed E-state index contributed by atoms with van der Waals surface area (Å²) in [4.78, 5) is 47.4. The summed E-state index contributed by atoms with van der Waals surface area (Å²) in [7, 11) is 0. The fourth-order valence-electron chi connectivity index (χ4n) is 6.02. The maximum Gasteiger partial charge on any atom is 0.258 e. The number of imide groups is 1. The van der Waals surface area contributed by atoms with Crippen LogP contribution in [0.1, 0.15) is 47.2 Å². The van der Waals surface area contributed by atoms with Gasteiger partial charge in [0.25, 0.3) is 5.91 Å². The Bertz CT molecular complexity index is 1350. The van der Waals surface area contributed by atoms with Gasteiger partial charge in [0.05, 0.1) is 5.56 Å². The average molecular weight is 528 g/mol. The van der Waals surface area contributed by atoms with Gasteiger partial charge in [-0.15, -0.1) is 0 Å². The predicted octanol–water partition coefficient (Wildman–Crippen LogP) is 3.78. The van der Waals surface area contributed by atoms with Crippen LogP contribution in [0.25, 0.3) is 0 Å². The van der Waals surface area contributed by atoms with Gasteiger partial charge in [-0.3, -0.25) is 24.6 Å². The highest BCUT2D eigenvalue weighted by Crippen LogP contribution is 2.33. The van der Waals surface area contributed by atoms with Crippen LogP contribution < -0.4 is 10.2 Å². The molecule has 1 aromatic heterocycles. The Kier molecular flexibility index (Phi) is 6.83. The molecule has 2 saturated heterocycles. The van der Waals surface area contributed by atoms with Crippen molar-refractivity contribution in [2.45, 2.75) is 50.9 Å². The minimum atomic E-state index is -0.754. The number of nitrogens with one attached hydrogen (secondary N) is 1. The first-order valence-corrected chi connectivity index (χ1v) is 13.4. The Morgan fingerprint density at radius 2 is 1.74 bits per heavy atom. The van der Waals surface area contributed by atoms with Crippen molar-refractivity contribution < 1.29 is 18.8 Å². The summed E-state index contributed by atoms with van der Waals surface area (Å²) < 4.78 is 15.2. The van der Waals surface area contributed by atoms with Crippen LogP contribution in [-0.2, 0) is 22.7 Å². The number of hydrogen-bond donors (Lipinski definition) is 1. The number of rotatable bonds is 6. The fourth-order valence-corrected chi connectivity index (χ4v) is 6.02. The molecule has 9 heteroatoms. The van der Waals surface area contributed by atoms with Crippen molar-refractivity contribution >= 4 is 29.2 Å². The van der Waals surface area contributed by atoms with Gasteiger partial charge in [-0.2, -0.15) is 0 Å². The summed E-state index contributed by atoms with van der Waals surface area (Å²) >= 11 is 0. The zero-order valence-corrected chi connectivity index (χ0v) is 21.6. The third-order valence-electron chi connectivity index (χ3n) is 7.89. The van der Waals surface area contributed by atoms with E-state index < -0.39 is 23.7 Å². The second-order valence-corrected chi connectivity index (χ2v) is 10.4. The lowest BCUT2D eigenvalue weighted by molar-refractivity contribution is -0.136. The van der Waals surface area contributed by atoms with Crippen molar-refractivity contribution in [2.24, 2.45) is 0 Å². The summed E-state index contributed by atoms with van der Waals surface area (Å²) in [5.74, 6) is -0.953. The number of benzene rings is 2. The van der Waals surface area contributed by atoms with Crippen LogP contribution in [-0.4, -0.2) is 57.7 Å². The first kappa shape index (κ1) is 25.2. The number of anilines is 2. The standard InChI is InChI=1S/C30H30FN5O3/c31-24-17-20(16-21-19-35(30(39)28(21)24)25-9-10-27(37)33-29(25)38)18-34-14-11-23(12-15-34)36(22-6-2-1-3-7-22)26-8-4-5-13-32-26/h1-8,13,16-17,23,25H,9-12,14-15,18-19H2,(H,33,37,38). The SMILES string of the molecule is O=C1CCC(N2Cc3cc(CN4CCC(N(c5ccccc5)c5ccccn5)CC4)cc(F)c3C2=O)C(=O)N1. The van der Waals surface area contributed by atoms with Gasteiger partial charge in [-0.1, -0.05) is 30.3 Å². The molecule has 1 atom stereocenters. The van der Waals surface area contributed by atoms with Crippen molar-refractivity contribution in [1.29, 1.82) is 0 Å². The molecular formula is C30H30FN5O3. The Morgan fingerprint density at radius 1 is 0.974 bits per heavy atom. The van der Waals surface area contributed by atoms with Crippen LogP contribution in [0.3, 0.4) is 0 Å². The zero-order valence-electron chi connectivity index (χ0n) is 21.6. The molecule has 3 aliphatic rings. The third-order valence-corrected chi connectivity index (χ3v) is 7.89. The van der Waals surface area contributed by atoms with Crippen LogP contribution in [0, 0.1) is 5.82 Å². The Morgan fingerprint density at radius 3 is 2.46 bits per heavy atom. The molecule has 1 unspecified atom stereocenters. The molecule has 2 aromatic carbocycles. The number of fused-ring (bicyclic) bond motifs is 1. The summed E-state index contributed by atoms with van der Waals surface area (Å²) in [5.41, 5.74) is 2.56. The van der Waals surface area contributed by atoms with Gasteiger partial charge in [0.1, 0.15) is 17.7 Å². The average Bonchev–Trinajstić information content (AvgIpc) is 3.27. The number of carbonyl (C=O) groups is 3. The van der Waals surface area contributed by atoms with Crippen molar-refractivity contribution in [3.8, 4) is 0 Å². The lowest BCUT2D eigenvalue weighted by atomic mass is 10.00. The number of carbonyl (C=O) groups excluding carboxylic acids is 3. The van der Waals surface area contributed by atoms with E-state index in [0.29, 0.717) is 12.1 Å². The third kappa shape index (κ3) is 5.02. The summed E-state index contributed by atoms with van der Waals surface area (Å²) in [6.07, 6.45) is 4.10. The number of para-hydroxylation sites is 1. The summed E-state index contributed by atoms with van der Waals surface area (Å²) in [6.45, 7) is 2.45. The molecule has 8 nitrogen and oxygen atoms in total. The molecule has 2 fully saturated rings. The molecule has 3 aromatic rings. The lowest BCUT2D eigenvalue weighted by Crippen LogP contribution is -2.52. The molecule has 0 bridgehead atoms. The van der Waals surface area contributed by atoms with Crippen molar-refractivity contribution in [1.82, 2.24) is 20.1 Å². The van der Waals surface area contributed by atoms with Gasteiger partial charge in [-0.25, -0.2) is 9.37 Å². The van der Waals surface area contributed by atoms with Crippen LogP contribution >= 0.6 is 0 Å². The van der Waals surface area contributed by atoms with E-state index in [-0.39, 0.29) is 36.9 Å². The zero-order chi connectivity index (χ0) is 26.9. The lowest BCUT2D eigenvalue weighted by Gasteiger charge is -2.39. The van der Waals surface area contributed by atoms with E-state index in [2.05, 4.69) is 32.2 Å². The van der Waals surface area contributed by atoms with Crippen molar-refractivity contribution in [3.63, 3.8) is 0 Å². The Balaban J connectivity index is 1.13. The molecule has 0 radical (unpaired) electrons. The summed E-state index contributed by atoms with van der Waals surface area (Å²) in [5, 5.41) is 2.29. The number of aromatic nitrogens is 1. The normalized spacial score (nSPS) is 20.2. The first-order valence-electron chi connectivity index (χ1n) is 13.4. The monoisotopic (exact) mass is 527 g/mol. The highest BCUT2D eigenvalue weighted by atomic mass is 19.1. The molecule has 200 valence electrons. The van der Waals surface area contributed by atoms with E-state index in [1.807, 2.05) is 48.7 Å². The van der Waals surface area contributed by atoms with Gasteiger partial charge in [0.15, 0.2) is 0 Å². The van der Waals surface area contributed by atoms with E-state index in [9.17, 15) is 14.4 Å². The molecule has 0 saturated carbocycles. The topological polar surface area (TPSA) is 85.9 Å². The van der Waals surface area contributed by atoms with E-state index in [0.717, 1.165) is 43.0 Å². The number of pyridine rings is 1. The molecule has 6 rings (SSSR count). The fraction of sp³-hybridized carbons (Fsp3) is 0.333. The van der Waals surface area contributed by atoms with Gasteiger partial charge in [0, 0.05) is 50.5 Å². The number of piperidine rings is 2. The van der Waals surface area contributed by atoms with Crippen LogP contribution in [0.2, 0.25) is 0 Å². The van der Waals surface area contributed by atoms with Crippen LogP contribution in [0.15, 0.2) is 66.9 Å². The van der Waals surface area contributed by atoms with Crippen molar-refractivity contribution in [2.75, 3.05) is 18.0 Å². The number of amides is 3. The van der Waals surface area contributed by atoms with Crippen LogP contribution in [0.4, 0.5) is 15.9 Å². The van der Waals surface area contributed by atoms with Gasteiger partial charge in [0.2, 0.25) is 11.8 Å². The number of hydrogen-bond acceptors (Lipinski definition) is 6. The quantitative estimate of drug-likeness (QED) is 0.491. The molecule has 3 aliphatic heterocycles. The number of halogens is 1. The van der Waals surface area contributed by atoms with E-state index in [1.54, 1.807) is 0 Å². The van der Waals surface area contributed by atoms with E-state index >= 15 is 4.39 Å². The molecule has 1 N–H and O–H groups in total. The predicted molar refractivity (Wildman–Crippen MR) is 144 cm³/mol. The molecule has 0 aliphatic carbocycles. The maximum atomic E-state index is 15.2. The number of nitrogens with zero attached hydrogens (tertiary/aromatic N) is 4. The van der Waals surface area contributed by atoms with Gasteiger partial charge >= 0.3 is 0 Å². The highest BCUT2D eigenvalue weighted by Gasteiger charge is 2.40. The second kappa shape index (κ2) is 10.6. The minimum Gasteiger partial charge on any atom is -0.323 e. The number of likely N-dealkylation sites (tertiary alicyclic amines) is 1. The van der Waals surface area contributed by atoms with Crippen molar-refractivity contribution in [3.05, 3.63) is 89.4 Å². The molecule has 0 spiro atoms.